The fraction of sp³-hybridized carbons (Fsp3) is 0.263. The van der Waals surface area contributed by atoms with E-state index in [9.17, 15) is 0 Å². The molecule has 0 atom stereocenters. The Morgan fingerprint density at radius 3 is 2.62 bits per heavy atom. The molecule has 1 aromatic heterocycles. The molecular weight excluding hydrogens is 306 g/mol. The van der Waals surface area contributed by atoms with Gasteiger partial charge in [-0.2, -0.15) is 0 Å². The largest absolute Gasteiger partial charge is 0.497 e. The van der Waals surface area contributed by atoms with Gasteiger partial charge in [0.25, 0.3) is 0 Å². The van der Waals surface area contributed by atoms with Gasteiger partial charge in [0.05, 0.1) is 20.8 Å². The molecule has 0 spiro atoms. The minimum Gasteiger partial charge on any atom is -0.497 e. The van der Waals surface area contributed by atoms with Crippen molar-refractivity contribution in [2.45, 2.75) is 6.54 Å². The van der Waals surface area contributed by atoms with Gasteiger partial charge < -0.3 is 23.9 Å². The first kappa shape index (κ1) is 16.2. The van der Waals surface area contributed by atoms with Crippen LogP contribution in [0.15, 0.2) is 52.9 Å². The number of rotatable bonds is 8. The van der Waals surface area contributed by atoms with Crippen molar-refractivity contribution < 1.29 is 18.6 Å². The quantitative estimate of drug-likeness (QED) is 0.641. The molecule has 0 aliphatic heterocycles. The van der Waals surface area contributed by atoms with E-state index < -0.39 is 0 Å². The van der Waals surface area contributed by atoms with Gasteiger partial charge in [-0.1, -0.05) is 18.2 Å². The fourth-order valence-electron chi connectivity index (χ4n) is 2.48. The van der Waals surface area contributed by atoms with E-state index in [0.29, 0.717) is 19.7 Å². The molecule has 2 aromatic carbocycles. The number of para-hydroxylation sites is 1. The van der Waals surface area contributed by atoms with E-state index in [4.69, 9.17) is 18.6 Å². The van der Waals surface area contributed by atoms with Crippen LogP contribution in [0.4, 0.5) is 0 Å². The third-order valence-corrected chi connectivity index (χ3v) is 3.67. The van der Waals surface area contributed by atoms with E-state index in [1.807, 2.05) is 48.5 Å². The average molecular weight is 327 g/mol. The zero-order valence-electron chi connectivity index (χ0n) is 13.9. The van der Waals surface area contributed by atoms with Gasteiger partial charge in [0.2, 0.25) is 0 Å². The van der Waals surface area contributed by atoms with E-state index in [2.05, 4.69) is 5.32 Å². The van der Waals surface area contributed by atoms with Crippen molar-refractivity contribution in [2.75, 3.05) is 27.4 Å². The van der Waals surface area contributed by atoms with E-state index in [1.165, 1.54) is 0 Å². The standard InChI is InChI=1S/C19H21NO4/c1-21-15-6-4-7-16(12-15)23-10-9-20-13-17-11-14-5-3-8-18(22-2)19(14)24-17/h3-8,11-12,20H,9-10,13H2,1-2H3. The Morgan fingerprint density at radius 1 is 0.958 bits per heavy atom. The SMILES string of the molecule is COc1cccc(OCCNCc2cc3cccc(OC)c3o2)c1. The van der Waals surface area contributed by atoms with Crippen molar-refractivity contribution in [1.29, 1.82) is 0 Å². The maximum Gasteiger partial charge on any atom is 0.176 e. The van der Waals surface area contributed by atoms with Crippen LogP contribution in [0.1, 0.15) is 5.76 Å². The molecule has 0 saturated carbocycles. The molecule has 5 nitrogen and oxygen atoms in total. The fourth-order valence-corrected chi connectivity index (χ4v) is 2.48. The number of furan rings is 1. The van der Waals surface area contributed by atoms with Crippen molar-refractivity contribution in [3.63, 3.8) is 0 Å². The Labute approximate surface area is 141 Å². The van der Waals surface area contributed by atoms with Gasteiger partial charge >= 0.3 is 0 Å². The van der Waals surface area contributed by atoms with Crippen LogP contribution in [0.5, 0.6) is 17.2 Å². The molecule has 0 aliphatic carbocycles. The summed E-state index contributed by atoms with van der Waals surface area (Å²) in [5.41, 5.74) is 0.782. The van der Waals surface area contributed by atoms with Crippen molar-refractivity contribution in [3.05, 3.63) is 54.3 Å². The van der Waals surface area contributed by atoms with E-state index in [-0.39, 0.29) is 0 Å². The first-order valence-corrected chi connectivity index (χ1v) is 7.83. The highest BCUT2D eigenvalue weighted by atomic mass is 16.5. The Balaban J connectivity index is 1.48. The van der Waals surface area contributed by atoms with Gasteiger partial charge in [-0.15, -0.1) is 0 Å². The summed E-state index contributed by atoms with van der Waals surface area (Å²) < 4.78 is 22.0. The van der Waals surface area contributed by atoms with E-state index in [1.54, 1.807) is 14.2 Å². The first-order chi connectivity index (χ1) is 11.8. The monoisotopic (exact) mass is 327 g/mol. The zero-order valence-corrected chi connectivity index (χ0v) is 13.9. The second-order valence-electron chi connectivity index (χ2n) is 5.30. The van der Waals surface area contributed by atoms with Crippen LogP contribution in [-0.4, -0.2) is 27.4 Å². The van der Waals surface area contributed by atoms with Crippen LogP contribution in [0.2, 0.25) is 0 Å². The molecular formula is C19H21NO4. The molecule has 0 saturated heterocycles. The Morgan fingerprint density at radius 2 is 1.79 bits per heavy atom. The lowest BCUT2D eigenvalue weighted by molar-refractivity contribution is 0.309. The highest BCUT2D eigenvalue weighted by Gasteiger charge is 2.08. The smallest absolute Gasteiger partial charge is 0.176 e. The summed E-state index contributed by atoms with van der Waals surface area (Å²) >= 11 is 0. The summed E-state index contributed by atoms with van der Waals surface area (Å²) in [7, 11) is 3.29. The van der Waals surface area contributed by atoms with Crippen molar-refractivity contribution in [2.24, 2.45) is 0 Å². The average Bonchev–Trinajstić information content (AvgIpc) is 3.04. The molecule has 0 radical (unpaired) electrons. The van der Waals surface area contributed by atoms with E-state index in [0.717, 1.165) is 34.0 Å². The van der Waals surface area contributed by atoms with Crippen LogP contribution in [0.25, 0.3) is 11.0 Å². The zero-order chi connectivity index (χ0) is 16.8. The predicted octanol–water partition coefficient (Wildman–Crippen LogP) is 3.62. The Bertz CT molecular complexity index is 797. The number of methoxy groups -OCH3 is 2. The Kier molecular flexibility index (Phi) is 5.23. The summed E-state index contributed by atoms with van der Waals surface area (Å²) in [6.45, 7) is 1.92. The number of benzene rings is 2. The summed E-state index contributed by atoms with van der Waals surface area (Å²) in [6.07, 6.45) is 0. The molecule has 1 N–H and O–H groups in total. The minimum atomic E-state index is 0.566. The lowest BCUT2D eigenvalue weighted by atomic mass is 10.2. The van der Waals surface area contributed by atoms with Gasteiger partial charge in [0.1, 0.15) is 23.9 Å². The first-order valence-electron chi connectivity index (χ1n) is 7.83. The van der Waals surface area contributed by atoms with Gasteiger partial charge in [0.15, 0.2) is 11.3 Å². The molecule has 5 heteroatoms. The van der Waals surface area contributed by atoms with Gasteiger partial charge in [-0.05, 0) is 24.3 Å². The van der Waals surface area contributed by atoms with Gasteiger partial charge in [-0.3, -0.25) is 0 Å². The van der Waals surface area contributed by atoms with Crippen LogP contribution < -0.4 is 19.5 Å². The second kappa shape index (κ2) is 7.75. The highest BCUT2D eigenvalue weighted by molar-refractivity contribution is 5.83. The molecule has 3 rings (SSSR count). The molecule has 0 bridgehead atoms. The third kappa shape index (κ3) is 3.81. The van der Waals surface area contributed by atoms with Gasteiger partial charge in [0, 0.05) is 18.0 Å². The topological polar surface area (TPSA) is 52.9 Å². The van der Waals surface area contributed by atoms with Gasteiger partial charge in [-0.25, -0.2) is 0 Å². The molecule has 0 unspecified atom stereocenters. The molecule has 1 heterocycles. The van der Waals surface area contributed by atoms with Crippen LogP contribution in [0.3, 0.4) is 0 Å². The van der Waals surface area contributed by atoms with Crippen molar-refractivity contribution in [1.82, 2.24) is 5.32 Å². The molecule has 24 heavy (non-hydrogen) atoms. The summed E-state index contributed by atoms with van der Waals surface area (Å²) in [5, 5.41) is 4.35. The number of ether oxygens (including phenoxy) is 3. The Hall–Kier alpha value is -2.66. The van der Waals surface area contributed by atoms with Crippen molar-refractivity contribution >= 4 is 11.0 Å². The summed E-state index contributed by atoms with van der Waals surface area (Å²) in [5.74, 6) is 3.21. The molecule has 3 aromatic rings. The normalized spacial score (nSPS) is 10.8. The number of nitrogens with one attached hydrogen (secondary N) is 1. The molecule has 126 valence electrons. The summed E-state index contributed by atoms with van der Waals surface area (Å²) in [6, 6.07) is 15.5. The maximum absolute atomic E-state index is 5.84. The third-order valence-electron chi connectivity index (χ3n) is 3.67. The minimum absolute atomic E-state index is 0.566. The maximum atomic E-state index is 5.84. The lowest BCUT2D eigenvalue weighted by Crippen LogP contribution is -2.20. The number of hydrogen-bond donors (Lipinski definition) is 1. The highest BCUT2D eigenvalue weighted by Crippen LogP contribution is 2.28. The predicted molar refractivity (Wildman–Crippen MR) is 93.0 cm³/mol. The number of hydrogen-bond acceptors (Lipinski definition) is 5. The molecule has 0 amide bonds. The van der Waals surface area contributed by atoms with Crippen molar-refractivity contribution in [3.8, 4) is 17.2 Å². The second-order valence-corrected chi connectivity index (χ2v) is 5.30. The lowest BCUT2D eigenvalue weighted by Gasteiger charge is -2.08. The number of fused-ring (bicyclic) bond motifs is 1. The van der Waals surface area contributed by atoms with Crippen LogP contribution in [-0.2, 0) is 6.54 Å². The van der Waals surface area contributed by atoms with Crippen LogP contribution in [0, 0.1) is 0 Å². The van der Waals surface area contributed by atoms with Crippen LogP contribution >= 0.6 is 0 Å². The molecule has 0 aliphatic rings. The van der Waals surface area contributed by atoms with E-state index >= 15 is 0 Å². The molecule has 0 fully saturated rings. The summed E-state index contributed by atoms with van der Waals surface area (Å²) in [4.78, 5) is 0.